The van der Waals surface area contributed by atoms with Crippen molar-refractivity contribution >= 4 is 17.8 Å². The number of aryl methyl sites for hydroxylation is 1. The second-order valence-corrected chi connectivity index (χ2v) is 6.16. The first-order chi connectivity index (χ1) is 11.2. The highest BCUT2D eigenvalue weighted by atomic mass is 16.6. The number of allylic oxidation sites excluding steroid dienone is 1. The average molecular weight is 333 g/mol. The molecule has 6 nitrogen and oxygen atoms in total. The first-order valence-corrected chi connectivity index (χ1v) is 7.60. The van der Waals surface area contributed by atoms with Crippen molar-refractivity contribution in [3.63, 3.8) is 0 Å². The van der Waals surface area contributed by atoms with Crippen molar-refractivity contribution in [2.24, 2.45) is 0 Å². The Balaban J connectivity index is 2.30. The summed E-state index contributed by atoms with van der Waals surface area (Å²) in [4.78, 5) is 34.7. The largest absolute Gasteiger partial charge is 0.461 e. The molecule has 6 heteroatoms. The third-order valence-corrected chi connectivity index (χ3v) is 2.72. The highest BCUT2D eigenvalue weighted by molar-refractivity contribution is 6.06. The van der Waals surface area contributed by atoms with Gasteiger partial charge in [0.05, 0.1) is 6.54 Å². The Morgan fingerprint density at radius 2 is 1.71 bits per heavy atom. The summed E-state index contributed by atoms with van der Waals surface area (Å²) in [5.41, 5.74) is 0.962. The van der Waals surface area contributed by atoms with Crippen LogP contribution in [0.25, 0.3) is 0 Å². The van der Waals surface area contributed by atoms with Crippen molar-refractivity contribution in [3.05, 3.63) is 47.5 Å². The fraction of sp³-hybridized carbons (Fsp3) is 0.389. The molecule has 1 aromatic carbocycles. The zero-order valence-corrected chi connectivity index (χ0v) is 14.4. The Kier molecular flexibility index (Phi) is 7.17. The summed E-state index contributed by atoms with van der Waals surface area (Å²) in [6.45, 7) is 7.29. The predicted molar refractivity (Wildman–Crippen MR) is 89.8 cm³/mol. The van der Waals surface area contributed by atoms with Crippen LogP contribution in [0.4, 0.5) is 4.79 Å². The van der Waals surface area contributed by atoms with Gasteiger partial charge in [-0.25, -0.2) is 9.59 Å². The molecule has 0 aromatic heterocycles. The van der Waals surface area contributed by atoms with E-state index < -0.39 is 17.7 Å². The van der Waals surface area contributed by atoms with Crippen LogP contribution < -0.4 is 5.32 Å². The van der Waals surface area contributed by atoms with E-state index in [4.69, 9.17) is 9.47 Å². The summed E-state index contributed by atoms with van der Waals surface area (Å²) in [5.74, 6) is -0.930. The van der Waals surface area contributed by atoms with Crippen LogP contribution >= 0.6 is 0 Å². The van der Waals surface area contributed by atoms with E-state index in [1.54, 1.807) is 32.9 Å². The van der Waals surface area contributed by atoms with Crippen LogP contribution in [0.5, 0.6) is 0 Å². The molecule has 0 spiro atoms. The van der Waals surface area contributed by atoms with Crippen molar-refractivity contribution in [3.8, 4) is 0 Å². The molecule has 0 saturated carbocycles. The molecule has 0 fully saturated rings. The molecule has 0 unspecified atom stereocenters. The smallest absolute Gasteiger partial charge is 0.407 e. The maximum atomic E-state index is 11.8. The molecule has 1 amide bonds. The van der Waals surface area contributed by atoms with Crippen molar-refractivity contribution < 1.29 is 23.9 Å². The van der Waals surface area contributed by atoms with Crippen molar-refractivity contribution in [2.45, 2.75) is 33.3 Å². The summed E-state index contributed by atoms with van der Waals surface area (Å²) in [5, 5.41) is 2.46. The van der Waals surface area contributed by atoms with Crippen LogP contribution in [0, 0.1) is 6.92 Å². The van der Waals surface area contributed by atoms with E-state index in [9.17, 15) is 14.4 Å². The lowest BCUT2D eigenvalue weighted by atomic mass is 10.1. The van der Waals surface area contributed by atoms with E-state index in [2.05, 4.69) is 5.32 Å². The molecule has 0 heterocycles. The number of alkyl carbamates (subject to hydrolysis) is 1. The van der Waals surface area contributed by atoms with Crippen molar-refractivity contribution in [1.82, 2.24) is 5.32 Å². The lowest BCUT2D eigenvalue weighted by molar-refractivity contribution is -0.137. The van der Waals surface area contributed by atoms with Crippen LogP contribution in [0.2, 0.25) is 0 Å². The van der Waals surface area contributed by atoms with Gasteiger partial charge in [0.25, 0.3) is 0 Å². The highest BCUT2D eigenvalue weighted by Gasteiger charge is 2.15. The standard InChI is InChI=1S/C18H23NO5/c1-13-5-7-14(8-6-13)15(20)9-10-16(21)23-12-11-19-17(22)24-18(2,3)4/h5-10H,11-12H2,1-4H3,(H,19,22)/b10-9+. The number of ether oxygens (including phenoxy) is 2. The van der Waals surface area contributed by atoms with Crippen molar-refractivity contribution in [1.29, 1.82) is 0 Å². The van der Waals surface area contributed by atoms with Gasteiger partial charge in [-0.1, -0.05) is 29.8 Å². The SMILES string of the molecule is Cc1ccc(C(=O)/C=C/C(=O)OCCNC(=O)OC(C)(C)C)cc1. The molecule has 0 aliphatic rings. The van der Waals surface area contributed by atoms with E-state index in [1.807, 2.05) is 19.1 Å². The number of hydrogen-bond donors (Lipinski definition) is 1. The van der Waals surface area contributed by atoms with E-state index in [1.165, 1.54) is 0 Å². The number of benzene rings is 1. The van der Waals surface area contributed by atoms with Crippen LogP contribution in [0.3, 0.4) is 0 Å². The summed E-state index contributed by atoms with van der Waals surface area (Å²) >= 11 is 0. The van der Waals surface area contributed by atoms with Crippen LogP contribution in [-0.2, 0) is 14.3 Å². The molecule has 0 saturated heterocycles. The number of hydrogen-bond acceptors (Lipinski definition) is 5. The summed E-state index contributed by atoms with van der Waals surface area (Å²) in [6, 6.07) is 7.03. The molecular weight excluding hydrogens is 310 g/mol. The molecule has 0 radical (unpaired) electrons. The number of carbonyl (C=O) groups excluding carboxylic acids is 3. The fourth-order valence-corrected chi connectivity index (χ4v) is 1.62. The number of esters is 1. The van der Waals surface area contributed by atoms with E-state index >= 15 is 0 Å². The number of ketones is 1. The van der Waals surface area contributed by atoms with E-state index in [-0.39, 0.29) is 18.9 Å². The number of nitrogens with one attached hydrogen (secondary N) is 1. The van der Waals surface area contributed by atoms with Gasteiger partial charge >= 0.3 is 12.1 Å². The molecule has 1 aromatic rings. The minimum Gasteiger partial charge on any atom is -0.461 e. The van der Waals surface area contributed by atoms with Crippen LogP contribution in [-0.4, -0.2) is 36.6 Å². The fourth-order valence-electron chi connectivity index (χ4n) is 1.62. The van der Waals surface area contributed by atoms with Gasteiger partial charge in [-0.2, -0.15) is 0 Å². The lowest BCUT2D eigenvalue weighted by Crippen LogP contribution is -2.34. The first kappa shape index (κ1) is 19.4. The maximum Gasteiger partial charge on any atom is 0.407 e. The minimum absolute atomic E-state index is 0.0128. The molecular formula is C18H23NO5. The van der Waals surface area contributed by atoms with Gasteiger partial charge in [0, 0.05) is 11.6 Å². The van der Waals surface area contributed by atoms with Gasteiger partial charge in [-0.05, 0) is 33.8 Å². The lowest BCUT2D eigenvalue weighted by Gasteiger charge is -2.19. The summed E-state index contributed by atoms with van der Waals surface area (Å²) < 4.78 is 9.91. The Hall–Kier alpha value is -2.63. The predicted octanol–water partition coefficient (Wildman–Crippen LogP) is 2.80. The Bertz CT molecular complexity index is 611. The molecule has 0 atom stereocenters. The van der Waals surface area contributed by atoms with Gasteiger partial charge in [-0.15, -0.1) is 0 Å². The average Bonchev–Trinajstić information content (AvgIpc) is 2.48. The maximum absolute atomic E-state index is 11.8. The molecule has 1 N–H and O–H groups in total. The van der Waals surface area contributed by atoms with Gasteiger partial charge in [-0.3, -0.25) is 4.79 Å². The van der Waals surface area contributed by atoms with Crippen LogP contribution in [0.15, 0.2) is 36.4 Å². The Morgan fingerprint density at radius 3 is 2.29 bits per heavy atom. The van der Waals surface area contributed by atoms with Crippen LogP contribution in [0.1, 0.15) is 36.7 Å². The molecule has 0 aliphatic carbocycles. The third kappa shape index (κ3) is 8.12. The second-order valence-electron chi connectivity index (χ2n) is 6.16. The van der Waals surface area contributed by atoms with Gasteiger partial charge in [0.15, 0.2) is 5.78 Å². The monoisotopic (exact) mass is 333 g/mol. The zero-order valence-electron chi connectivity index (χ0n) is 14.4. The second kappa shape index (κ2) is 8.86. The Morgan fingerprint density at radius 1 is 1.08 bits per heavy atom. The van der Waals surface area contributed by atoms with E-state index in [0.717, 1.165) is 17.7 Å². The quantitative estimate of drug-likeness (QED) is 0.375. The number of carbonyl (C=O) groups is 3. The molecule has 0 aliphatic heterocycles. The molecule has 1 rings (SSSR count). The topological polar surface area (TPSA) is 81.7 Å². The molecule has 130 valence electrons. The third-order valence-electron chi connectivity index (χ3n) is 2.72. The normalized spacial score (nSPS) is 11.2. The van der Waals surface area contributed by atoms with E-state index in [0.29, 0.717) is 5.56 Å². The molecule has 24 heavy (non-hydrogen) atoms. The van der Waals surface area contributed by atoms with Gasteiger partial charge in [0.2, 0.25) is 0 Å². The first-order valence-electron chi connectivity index (χ1n) is 7.60. The summed E-state index contributed by atoms with van der Waals surface area (Å²) in [7, 11) is 0. The highest BCUT2D eigenvalue weighted by Crippen LogP contribution is 2.06. The van der Waals surface area contributed by atoms with Crippen molar-refractivity contribution in [2.75, 3.05) is 13.2 Å². The van der Waals surface area contributed by atoms with Gasteiger partial charge in [0.1, 0.15) is 12.2 Å². The number of amides is 1. The molecule has 0 bridgehead atoms. The van der Waals surface area contributed by atoms with Gasteiger partial charge < -0.3 is 14.8 Å². The Labute approximate surface area is 141 Å². The number of rotatable bonds is 6. The summed E-state index contributed by atoms with van der Waals surface area (Å²) in [6.07, 6.45) is 1.65. The minimum atomic E-state index is -0.651. The zero-order chi connectivity index (χ0) is 18.2.